The van der Waals surface area contributed by atoms with Gasteiger partial charge in [-0.1, -0.05) is 18.4 Å². The van der Waals surface area contributed by atoms with Crippen molar-refractivity contribution in [1.29, 1.82) is 0 Å². The highest BCUT2D eigenvalue weighted by Gasteiger charge is 2.29. The van der Waals surface area contributed by atoms with Crippen LogP contribution < -0.4 is 14.8 Å². The minimum absolute atomic E-state index is 0.0488. The lowest BCUT2D eigenvalue weighted by Gasteiger charge is -2.34. The first-order valence-corrected chi connectivity index (χ1v) is 10.4. The summed E-state index contributed by atoms with van der Waals surface area (Å²) in [6.07, 6.45) is 13.4. The number of hydrogen-bond donors (Lipinski definition) is 1. The molecule has 1 heterocycles. The molecule has 2 atom stereocenters. The van der Waals surface area contributed by atoms with E-state index >= 15 is 0 Å². The Hall–Kier alpha value is -2.19. The SMILES string of the molecule is C#CCN1CCCCC1C(=O)NC(C)c1ccc(OC2CCCC2)c(OC)c1. The summed E-state index contributed by atoms with van der Waals surface area (Å²) < 4.78 is 11.7. The Morgan fingerprint density at radius 2 is 2.00 bits per heavy atom. The fourth-order valence-electron chi connectivity index (χ4n) is 4.22. The molecule has 28 heavy (non-hydrogen) atoms. The van der Waals surface area contributed by atoms with Crippen LogP contribution in [0.3, 0.4) is 0 Å². The van der Waals surface area contributed by atoms with Crippen LogP contribution in [0.15, 0.2) is 18.2 Å². The molecule has 1 saturated carbocycles. The molecule has 0 spiro atoms. The number of amides is 1. The van der Waals surface area contributed by atoms with Gasteiger partial charge in [0.25, 0.3) is 0 Å². The molecule has 3 rings (SSSR count). The molecule has 0 bridgehead atoms. The van der Waals surface area contributed by atoms with Gasteiger partial charge in [-0.05, 0) is 69.7 Å². The van der Waals surface area contributed by atoms with Gasteiger partial charge in [0.15, 0.2) is 11.5 Å². The molecule has 0 radical (unpaired) electrons. The summed E-state index contributed by atoms with van der Waals surface area (Å²) >= 11 is 0. The molecule has 1 aromatic rings. The molecule has 152 valence electrons. The Morgan fingerprint density at radius 3 is 2.71 bits per heavy atom. The van der Waals surface area contributed by atoms with Crippen LogP contribution in [0, 0.1) is 12.3 Å². The lowest BCUT2D eigenvalue weighted by Crippen LogP contribution is -2.50. The number of methoxy groups -OCH3 is 1. The normalized spacial score (nSPS) is 21.7. The van der Waals surface area contributed by atoms with Crippen molar-refractivity contribution < 1.29 is 14.3 Å². The van der Waals surface area contributed by atoms with Crippen LogP contribution in [0.25, 0.3) is 0 Å². The van der Waals surface area contributed by atoms with Gasteiger partial charge in [-0.2, -0.15) is 0 Å². The van der Waals surface area contributed by atoms with E-state index in [1.54, 1.807) is 7.11 Å². The second-order valence-corrected chi connectivity index (χ2v) is 7.85. The lowest BCUT2D eigenvalue weighted by atomic mass is 10.0. The third-order valence-corrected chi connectivity index (χ3v) is 5.85. The number of ether oxygens (including phenoxy) is 2. The van der Waals surface area contributed by atoms with E-state index in [0.29, 0.717) is 6.54 Å². The number of piperidine rings is 1. The number of nitrogens with zero attached hydrogens (tertiary/aromatic N) is 1. The van der Waals surface area contributed by atoms with Crippen molar-refractivity contribution in [3.63, 3.8) is 0 Å². The summed E-state index contributed by atoms with van der Waals surface area (Å²) in [5, 5.41) is 3.15. The third-order valence-electron chi connectivity index (χ3n) is 5.85. The zero-order valence-electron chi connectivity index (χ0n) is 17.1. The monoisotopic (exact) mass is 384 g/mol. The predicted molar refractivity (Wildman–Crippen MR) is 110 cm³/mol. The van der Waals surface area contributed by atoms with Crippen LogP contribution in [-0.4, -0.2) is 43.2 Å². The van der Waals surface area contributed by atoms with Gasteiger partial charge in [0.05, 0.1) is 31.8 Å². The predicted octanol–water partition coefficient (Wildman–Crippen LogP) is 3.68. The van der Waals surface area contributed by atoms with Gasteiger partial charge in [0, 0.05) is 0 Å². The van der Waals surface area contributed by atoms with Gasteiger partial charge >= 0.3 is 0 Å². The highest BCUT2D eigenvalue weighted by atomic mass is 16.5. The lowest BCUT2D eigenvalue weighted by molar-refractivity contribution is -0.128. The summed E-state index contributed by atoms with van der Waals surface area (Å²) in [5.74, 6) is 4.22. The third kappa shape index (κ3) is 4.99. The summed E-state index contributed by atoms with van der Waals surface area (Å²) in [7, 11) is 1.66. The molecule has 1 N–H and O–H groups in total. The van der Waals surface area contributed by atoms with Gasteiger partial charge in [-0.15, -0.1) is 6.42 Å². The fraction of sp³-hybridized carbons (Fsp3) is 0.609. The molecule has 2 unspecified atom stereocenters. The van der Waals surface area contributed by atoms with E-state index in [1.807, 2.05) is 25.1 Å². The number of rotatable bonds is 7. The van der Waals surface area contributed by atoms with Crippen LogP contribution in [0.4, 0.5) is 0 Å². The molecule has 1 amide bonds. The van der Waals surface area contributed by atoms with Gasteiger partial charge in [-0.25, -0.2) is 0 Å². The van der Waals surface area contributed by atoms with Crippen LogP contribution in [-0.2, 0) is 4.79 Å². The average Bonchev–Trinajstić information content (AvgIpc) is 3.22. The molecule has 1 aromatic carbocycles. The molecule has 2 aliphatic rings. The van der Waals surface area contributed by atoms with Crippen molar-refractivity contribution in [3.8, 4) is 23.8 Å². The molecular weight excluding hydrogens is 352 g/mol. The van der Waals surface area contributed by atoms with Crippen LogP contribution >= 0.6 is 0 Å². The second-order valence-electron chi connectivity index (χ2n) is 7.85. The highest BCUT2D eigenvalue weighted by Crippen LogP contribution is 2.33. The Bertz CT molecular complexity index is 706. The minimum atomic E-state index is -0.140. The van der Waals surface area contributed by atoms with Crippen LogP contribution in [0.1, 0.15) is 63.5 Å². The largest absolute Gasteiger partial charge is 0.493 e. The zero-order chi connectivity index (χ0) is 19.9. The molecule has 2 fully saturated rings. The van der Waals surface area contributed by atoms with Crippen molar-refractivity contribution in [3.05, 3.63) is 23.8 Å². The Labute approximate surface area is 168 Å². The van der Waals surface area contributed by atoms with Crippen LogP contribution in [0.5, 0.6) is 11.5 Å². The zero-order valence-corrected chi connectivity index (χ0v) is 17.1. The van der Waals surface area contributed by atoms with E-state index in [0.717, 1.165) is 55.7 Å². The second kappa shape index (κ2) is 9.84. The first-order valence-electron chi connectivity index (χ1n) is 10.4. The van der Waals surface area contributed by atoms with Crippen molar-refractivity contribution >= 4 is 5.91 Å². The van der Waals surface area contributed by atoms with Crippen molar-refractivity contribution in [2.24, 2.45) is 0 Å². The maximum Gasteiger partial charge on any atom is 0.237 e. The quantitative estimate of drug-likeness (QED) is 0.729. The standard InChI is InChI=1S/C23H32N2O3/c1-4-14-25-15-8-7-11-20(25)23(26)24-17(2)18-12-13-21(22(16-18)27-3)28-19-9-5-6-10-19/h1,12-13,16-17,19-20H,5-11,14-15H2,2-3H3,(H,24,26). The smallest absolute Gasteiger partial charge is 0.237 e. The van der Waals surface area contributed by atoms with E-state index in [9.17, 15) is 4.79 Å². The number of carbonyl (C=O) groups is 1. The van der Waals surface area contributed by atoms with E-state index in [1.165, 1.54) is 12.8 Å². The number of likely N-dealkylation sites (tertiary alicyclic amines) is 1. The Morgan fingerprint density at radius 1 is 1.25 bits per heavy atom. The van der Waals surface area contributed by atoms with Crippen LogP contribution in [0.2, 0.25) is 0 Å². The van der Waals surface area contributed by atoms with Gasteiger partial charge in [0.1, 0.15) is 0 Å². The number of carbonyl (C=O) groups excluding carboxylic acids is 1. The molecule has 0 aromatic heterocycles. The summed E-state index contributed by atoms with van der Waals surface area (Å²) in [6.45, 7) is 3.41. The molecular formula is C23H32N2O3. The van der Waals surface area contributed by atoms with Crippen molar-refractivity contribution in [2.45, 2.75) is 70.1 Å². The van der Waals surface area contributed by atoms with Gasteiger partial charge in [-0.3, -0.25) is 9.69 Å². The number of nitrogens with one attached hydrogen (secondary N) is 1. The molecule has 5 nitrogen and oxygen atoms in total. The summed E-state index contributed by atoms with van der Waals surface area (Å²) in [5.41, 5.74) is 1.00. The molecule has 1 aliphatic carbocycles. The molecule has 1 aliphatic heterocycles. The maximum atomic E-state index is 12.8. The van der Waals surface area contributed by atoms with Gasteiger partial charge in [0.2, 0.25) is 5.91 Å². The number of benzene rings is 1. The topological polar surface area (TPSA) is 50.8 Å². The van der Waals surface area contributed by atoms with Gasteiger partial charge < -0.3 is 14.8 Å². The van der Waals surface area contributed by atoms with E-state index in [2.05, 4.69) is 16.1 Å². The molecule has 1 saturated heterocycles. The van der Waals surface area contributed by atoms with E-state index in [-0.39, 0.29) is 24.1 Å². The fourth-order valence-corrected chi connectivity index (χ4v) is 4.22. The van der Waals surface area contributed by atoms with Crippen molar-refractivity contribution in [2.75, 3.05) is 20.2 Å². The average molecular weight is 385 g/mol. The summed E-state index contributed by atoms with van der Waals surface area (Å²) in [6, 6.07) is 5.68. The minimum Gasteiger partial charge on any atom is -0.493 e. The molecule has 5 heteroatoms. The Balaban J connectivity index is 1.65. The number of terminal acetylenes is 1. The van der Waals surface area contributed by atoms with E-state index in [4.69, 9.17) is 15.9 Å². The first kappa shape index (κ1) is 20.5. The van der Waals surface area contributed by atoms with Crippen molar-refractivity contribution in [1.82, 2.24) is 10.2 Å². The summed E-state index contributed by atoms with van der Waals surface area (Å²) in [4.78, 5) is 14.9. The Kier molecular flexibility index (Phi) is 7.22. The van der Waals surface area contributed by atoms with E-state index < -0.39 is 0 Å². The number of hydrogen-bond acceptors (Lipinski definition) is 4. The maximum absolute atomic E-state index is 12.8. The highest BCUT2D eigenvalue weighted by molar-refractivity contribution is 5.82. The first-order chi connectivity index (χ1) is 13.6.